The van der Waals surface area contributed by atoms with Crippen LogP contribution in [0, 0.1) is 11.3 Å². The molecule has 0 N–H and O–H groups in total. The van der Waals surface area contributed by atoms with E-state index in [-0.39, 0.29) is 0 Å². The van der Waals surface area contributed by atoms with Crippen LogP contribution in [0.3, 0.4) is 0 Å². The second-order valence-electron chi connectivity index (χ2n) is 2.50. The highest BCUT2D eigenvalue weighted by molar-refractivity contribution is 7.99. The van der Waals surface area contributed by atoms with Crippen LogP contribution < -0.4 is 0 Å². The number of aliphatic imine (C=N–C) groups is 1. The molecule has 3 nitrogen and oxygen atoms in total. The van der Waals surface area contributed by atoms with Crippen LogP contribution >= 0.6 is 11.8 Å². The number of hydrogen-bond acceptors (Lipinski definition) is 4. The summed E-state index contributed by atoms with van der Waals surface area (Å²) in [5, 5.41) is 8.74. The monoisotopic (exact) mass is 168 g/mol. The van der Waals surface area contributed by atoms with Crippen molar-refractivity contribution in [3.8, 4) is 6.07 Å². The van der Waals surface area contributed by atoms with Crippen LogP contribution in [-0.4, -0.2) is 23.1 Å². The Bertz CT molecular complexity index is 221. The van der Waals surface area contributed by atoms with E-state index < -0.39 is 5.54 Å². The van der Waals surface area contributed by atoms with Crippen molar-refractivity contribution in [2.75, 3.05) is 11.5 Å². The molecule has 1 saturated heterocycles. The fourth-order valence-electron chi connectivity index (χ4n) is 1.07. The lowest BCUT2D eigenvalue weighted by Crippen LogP contribution is -2.30. The number of carbonyl (C=O) groups excluding carboxylic acids is 1. The summed E-state index contributed by atoms with van der Waals surface area (Å²) in [5.41, 5.74) is -0.759. The van der Waals surface area contributed by atoms with Gasteiger partial charge in [0, 0.05) is 5.75 Å². The minimum absolute atomic E-state index is 0.638. The third kappa shape index (κ3) is 1.83. The zero-order chi connectivity index (χ0) is 8.16. The average molecular weight is 168 g/mol. The summed E-state index contributed by atoms with van der Waals surface area (Å²) in [6, 6.07) is 2.07. The molecule has 1 aliphatic heterocycles. The van der Waals surface area contributed by atoms with Crippen LogP contribution in [0.1, 0.15) is 12.8 Å². The molecule has 0 aromatic heterocycles. The van der Waals surface area contributed by atoms with E-state index in [9.17, 15) is 4.79 Å². The Morgan fingerprint density at radius 3 is 2.91 bits per heavy atom. The number of hydrogen-bond donors (Lipinski definition) is 0. The fourth-order valence-corrected chi connectivity index (χ4v) is 2.17. The molecule has 1 aliphatic rings. The Morgan fingerprint density at radius 2 is 2.45 bits per heavy atom. The maximum atomic E-state index is 9.99. The molecule has 58 valence electrons. The van der Waals surface area contributed by atoms with Crippen molar-refractivity contribution in [1.82, 2.24) is 0 Å². The lowest BCUT2D eigenvalue weighted by Gasteiger charge is -2.23. The van der Waals surface area contributed by atoms with Gasteiger partial charge in [0.2, 0.25) is 6.08 Å². The zero-order valence-corrected chi connectivity index (χ0v) is 6.86. The lowest BCUT2D eigenvalue weighted by molar-refractivity contribution is 0.516. The van der Waals surface area contributed by atoms with Crippen LogP contribution in [0.5, 0.6) is 0 Å². The fraction of sp³-hybridized carbons (Fsp3) is 0.714. The molecule has 1 fully saturated rings. The molecule has 0 bridgehead atoms. The third-order valence-corrected chi connectivity index (χ3v) is 2.95. The Hall–Kier alpha value is -0.780. The summed E-state index contributed by atoms with van der Waals surface area (Å²) in [6.07, 6.45) is 3.13. The standard InChI is InChI=1S/C7H8N2OS/c8-4-7(9-6-10)2-1-3-11-5-7/h1-3,5H2. The van der Waals surface area contributed by atoms with Crippen molar-refractivity contribution >= 4 is 17.8 Å². The van der Waals surface area contributed by atoms with E-state index >= 15 is 0 Å². The summed E-state index contributed by atoms with van der Waals surface area (Å²) in [5.74, 6) is 1.70. The minimum atomic E-state index is -0.759. The molecule has 0 radical (unpaired) electrons. The predicted octanol–water partition coefficient (Wildman–Crippen LogP) is 1.11. The second-order valence-corrected chi connectivity index (χ2v) is 3.61. The second kappa shape index (κ2) is 3.56. The summed E-state index contributed by atoms with van der Waals surface area (Å²) >= 11 is 1.67. The van der Waals surface area contributed by atoms with Gasteiger partial charge in [-0.2, -0.15) is 22.0 Å². The predicted molar refractivity (Wildman–Crippen MR) is 43.0 cm³/mol. The summed E-state index contributed by atoms with van der Waals surface area (Å²) < 4.78 is 0. The van der Waals surface area contributed by atoms with Crippen molar-refractivity contribution in [2.24, 2.45) is 4.99 Å². The van der Waals surface area contributed by atoms with Crippen LogP contribution in [0.2, 0.25) is 0 Å². The van der Waals surface area contributed by atoms with Crippen molar-refractivity contribution in [1.29, 1.82) is 5.26 Å². The van der Waals surface area contributed by atoms with Gasteiger partial charge in [-0.25, -0.2) is 4.79 Å². The summed E-state index contributed by atoms with van der Waals surface area (Å²) in [7, 11) is 0. The molecular formula is C7H8N2OS. The molecule has 0 aromatic carbocycles. The first-order valence-corrected chi connectivity index (χ1v) is 4.56. The molecule has 1 unspecified atom stereocenters. The highest BCUT2D eigenvalue weighted by atomic mass is 32.2. The van der Waals surface area contributed by atoms with Gasteiger partial charge in [0.05, 0.1) is 6.07 Å². The third-order valence-electron chi connectivity index (χ3n) is 1.69. The molecule has 0 spiro atoms. The summed E-state index contributed by atoms with van der Waals surface area (Å²) in [6.45, 7) is 0. The van der Waals surface area contributed by atoms with Crippen LogP contribution in [0.25, 0.3) is 0 Å². The van der Waals surface area contributed by atoms with E-state index in [1.165, 1.54) is 6.08 Å². The first kappa shape index (κ1) is 8.32. The van der Waals surface area contributed by atoms with Crippen LogP contribution in [0.15, 0.2) is 4.99 Å². The van der Waals surface area contributed by atoms with E-state index in [2.05, 4.69) is 11.1 Å². The molecule has 0 amide bonds. The molecule has 1 rings (SSSR count). The Labute approximate surface area is 69.5 Å². The highest BCUT2D eigenvalue weighted by Gasteiger charge is 2.31. The Kier molecular flexibility index (Phi) is 2.70. The van der Waals surface area contributed by atoms with Gasteiger partial charge in [-0.05, 0) is 18.6 Å². The number of isocyanates is 1. The van der Waals surface area contributed by atoms with Gasteiger partial charge in [0.1, 0.15) is 0 Å². The van der Waals surface area contributed by atoms with E-state index in [1.807, 2.05) is 0 Å². The first-order valence-electron chi connectivity index (χ1n) is 3.41. The Balaban J connectivity index is 2.74. The van der Waals surface area contributed by atoms with Crippen molar-refractivity contribution in [3.63, 3.8) is 0 Å². The first-order chi connectivity index (χ1) is 5.33. The SMILES string of the molecule is N#CC1(N=C=O)CCCSC1. The maximum Gasteiger partial charge on any atom is 0.236 e. The molecule has 0 aromatic rings. The zero-order valence-electron chi connectivity index (χ0n) is 6.04. The van der Waals surface area contributed by atoms with E-state index in [0.717, 1.165) is 12.2 Å². The van der Waals surface area contributed by atoms with Gasteiger partial charge in [-0.1, -0.05) is 0 Å². The minimum Gasteiger partial charge on any atom is -0.211 e. The average Bonchev–Trinajstić information content (AvgIpc) is 2.07. The quantitative estimate of drug-likeness (QED) is 0.435. The van der Waals surface area contributed by atoms with Gasteiger partial charge in [0.15, 0.2) is 5.54 Å². The Morgan fingerprint density at radius 1 is 1.64 bits per heavy atom. The van der Waals surface area contributed by atoms with Gasteiger partial charge < -0.3 is 0 Å². The molecule has 0 saturated carbocycles. The van der Waals surface area contributed by atoms with Crippen LogP contribution in [0.4, 0.5) is 0 Å². The largest absolute Gasteiger partial charge is 0.236 e. The van der Waals surface area contributed by atoms with Gasteiger partial charge >= 0.3 is 0 Å². The molecular weight excluding hydrogens is 160 g/mol. The van der Waals surface area contributed by atoms with E-state index in [4.69, 9.17) is 5.26 Å². The van der Waals surface area contributed by atoms with Crippen LogP contribution in [-0.2, 0) is 4.79 Å². The number of thioether (sulfide) groups is 1. The molecule has 1 atom stereocenters. The number of rotatable bonds is 1. The molecule has 11 heavy (non-hydrogen) atoms. The van der Waals surface area contributed by atoms with Gasteiger partial charge in [0.25, 0.3) is 0 Å². The van der Waals surface area contributed by atoms with Crippen molar-refractivity contribution < 1.29 is 4.79 Å². The number of nitriles is 1. The normalized spacial score (nSPS) is 30.1. The highest BCUT2D eigenvalue weighted by Crippen LogP contribution is 2.28. The topological polar surface area (TPSA) is 53.2 Å². The molecule has 0 aliphatic carbocycles. The maximum absolute atomic E-state index is 9.99. The van der Waals surface area contributed by atoms with Crippen molar-refractivity contribution in [3.05, 3.63) is 0 Å². The summed E-state index contributed by atoms with van der Waals surface area (Å²) in [4.78, 5) is 13.5. The van der Waals surface area contributed by atoms with Crippen molar-refractivity contribution in [2.45, 2.75) is 18.4 Å². The van der Waals surface area contributed by atoms with E-state index in [0.29, 0.717) is 12.2 Å². The lowest BCUT2D eigenvalue weighted by atomic mass is 9.99. The molecule has 4 heteroatoms. The smallest absolute Gasteiger partial charge is 0.211 e. The van der Waals surface area contributed by atoms with Gasteiger partial charge in [-0.3, -0.25) is 0 Å². The number of nitrogens with zero attached hydrogens (tertiary/aromatic N) is 2. The van der Waals surface area contributed by atoms with E-state index in [1.54, 1.807) is 11.8 Å². The molecule has 1 heterocycles. The van der Waals surface area contributed by atoms with Gasteiger partial charge in [-0.15, -0.1) is 0 Å².